The summed E-state index contributed by atoms with van der Waals surface area (Å²) < 4.78 is 0. The van der Waals surface area contributed by atoms with Crippen LogP contribution in [-0.2, 0) is 16.1 Å². The topological polar surface area (TPSA) is 40.6 Å². The third-order valence-corrected chi connectivity index (χ3v) is 4.37. The van der Waals surface area contributed by atoms with E-state index in [4.69, 9.17) is 0 Å². The van der Waals surface area contributed by atoms with E-state index in [1.807, 2.05) is 18.2 Å². The Hall–Kier alpha value is -1.94. The summed E-state index contributed by atoms with van der Waals surface area (Å²) in [4.78, 5) is 28.4. The number of hydrogen-bond acceptors (Lipinski definition) is 3. The maximum atomic E-state index is 12.4. The van der Waals surface area contributed by atoms with Gasteiger partial charge >= 0.3 is 0 Å². The number of unbranched alkanes of at least 4 members (excludes halogenated alkanes) is 2. The summed E-state index contributed by atoms with van der Waals surface area (Å²) in [6, 6.07) is 10.2. The second-order valence-electron chi connectivity index (χ2n) is 6.06. The van der Waals surface area contributed by atoms with Gasteiger partial charge < -0.3 is 0 Å². The first-order valence-electron chi connectivity index (χ1n) is 8.05. The maximum absolute atomic E-state index is 12.4. The number of imide groups is 1. The van der Waals surface area contributed by atoms with Gasteiger partial charge in [0, 0.05) is 37.3 Å². The lowest BCUT2D eigenvalue weighted by atomic mass is 10.2. The van der Waals surface area contributed by atoms with E-state index in [9.17, 15) is 9.59 Å². The van der Waals surface area contributed by atoms with Gasteiger partial charge in [-0.15, -0.1) is 0 Å². The van der Waals surface area contributed by atoms with Crippen molar-refractivity contribution in [1.29, 1.82) is 0 Å². The Morgan fingerprint density at radius 1 is 0.955 bits per heavy atom. The number of rotatable bonds is 6. The van der Waals surface area contributed by atoms with E-state index < -0.39 is 0 Å². The Morgan fingerprint density at radius 2 is 1.59 bits per heavy atom. The molecular weight excluding hydrogens is 276 g/mol. The summed E-state index contributed by atoms with van der Waals surface area (Å²) in [6.45, 7) is 4.66. The molecule has 0 fully saturated rings. The van der Waals surface area contributed by atoms with Crippen molar-refractivity contribution in [2.45, 2.75) is 32.7 Å². The summed E-state index contributed by atoms with van der Waals surface area (Å²) in [5.74, 6) is -0.127. The number of carbonyl (C=O) groups excluding carboxylic acids is 2. The van der Waals surface area contributed by atoms with Gasteiger partial charge in [0.15, 0.2) is 0 Å². The van der Waals surface area contributed by atoms with Crippen LogP contribution in [0, 0.1) is 0 Å². The van der Waals surface area contributed by atoms with Crippen LogP contribution in [0.25, 0.3) is 0 Å². The van der Waals surface area contributed by atoms with E-state index in [2.05, 4.69) is 24.0 Å². The molecule has 2 aliphatic heterocycles. The molecule has 0 saturated heterocycles. The van der Waals surface area contributed by atoms with Crippen molar-refractivity contribution in [2.75, 3.05) is 19.6 Å². The van der Waals surface area contributed by atoms with Crippen LogP contribution in [0.3, 0.4) is 0 Å². The Bertz CT molecular complexity index is 579. The molecule has 0 spiro atoms. The largest absolute Gasteiger partial charge is 0.290 e. The van der Waals surface area contributed by atoms with Crippen molar-refractivity contribution in [3.05, 3.63) is 47.0 Å². The lowest BCUT2D eigenvalue weighted by molar-refractivity contribution is -0.138. The number of amides is 2. The molecule has 0 aromatic heterocycles. The number of hydrogen-bond donors (Lipinski definition) is 0. The molecule has 0 radical (unpaired) electrons. The second kappa shape index (κ2) is 6.44. The standard InChI is InChI=1S/C18H22N2O2/c1-2-3-7-10-20-17(21)15-12-19(13-16(15)18(20)22)11-14-8-5-4-6-9-14/h4-6,8-9H,2-3,7,10-13H2,1H3. The van der Waals surface area contributed by atoms with Crippen LogP contribution >= 0.6 is 0 Å². The van der Waals surface area contributed by atoms with Gasteiger partial charge in [0.05, 0.1) is 0 Å². The predicted molar refractivity (Wildman–Crippen MR) is 85.0 cm³/mol. The zero-order valence-corrected chi connectivity index (χ0v) is 13.0. The van der Waals surface area contributed by atoms with Gasteiger partial charge in [0.25, 0.3) is 11.8 Å². The van der Waals surface area contributed by atoms with E-state index in [1.54, 1.807) is 0 Å². The quantitative estimate of drug-likeness (QED) is 0.598. The van der Waals surface area contributed by atoms with Gasteiger partial charge in [-0.2, -0.15) is 0 Å². The van der Waals surface area contributed by atoms with Crippen molar-refractivity contribution < 1.29 is 9.59 Å². The molecule has 2 heterocycles. The highest BCUT2D eigenvalue weighted by atomic mass is 16.2. The van der Waals surface area contributed by atoms with Crippen molar-refractivity contribution in [3.8, 4) is 0 Å². The maximum Gasteiger partial charge on any atom is 0.258 e. The molecule has 3 rings (SSSR count). The van der Waals surface area contributed by atoms with Gasteiger partial charge in [-0.25, -0.2) is 0 Å². The zero-order valence-electron chi connectivity index (χ0n) is 13.0. The molecule has 1 aromatic rings. The summed E-state index contributed by atoms with van der Waals surface area (Å²) in [6.07, 6.45) is 3.05. The highest BCUT2D eigenvalue weighted by Crippen LogP contribution is 2.29. The Kier molecular flexibility index (Phi) is 4.39. The van der Waals surface area contributed by atoms with Crippen LogP contribution in [-0.4, -0.2) is 41.2 Å². The van der Waals surface area contributed by atoms with Gasteiger partial charge in [0.2, 0.25) is 0 Å². The third kappa shape index (κ3) is 2.83. The lowest BCUT2D eigenvalue weighted by Crippen LogP contribution is -2.37. The number of carbonyl (C=O) groups is 2. The molecule has 116 valence electrons. The molecule has 22 heavy (non-hydrogen) atoms. The first kappa shape index (κ1) is 15.0. The highest BCUT2D eigenvalue weighted by Gasteiger charge is 2.42. The third-order valence-electron chi connectivity index (χ3n) is 4.37. The fourth-order valence-corrected chi connectivity index (χ4v) is 3.18. The molecule has 0 bridgehead atoms. The zero-order chi connectivity index (χ0) is 15.5. The van der Waals surface area contributed by atoms with Crippen molar-refractivity contribution in [2.24, 2.45) is 0 Å². The minimum absolute atomic E-state index is 0.0633. The minimum Gasteiger partial charge on any atom is -0.290 e. The number of nitrogens with zero attached hydrogens (tertiary/aromatic N) is 2. The minimum atomic E-state index is -0.0633. The van der Waals surface area contributed by atoms with Gasteiger partial charge in [-0.05, 0) is 12.0 Å². The smallest absolute Gasteiger partial charge is 0.258 e. The average Bonchev–Trinajstić information content (AvgIpc) is 3.03. The van der Waals surface area contributed by atoms with Crippen molar-refractivity contribution >= 4 is 11.8 Å². The monoisotopic (exact) mass is 298 g/mol. The summed E-state index contributed by atoms with van der Waals surface area (Å²) in [5, 5.41) is 0. The molecule has 4 heteroatoms. The Morgan fingerprint density at radius 3 is 2.18 bits per heavy atom. The average molecular weight is 298 g/mol. The Balaban J connectivity index is 1.61. The molecular formula is C18H22N2O2. The van der Waals surface area contributed by atoms with Crippen LogP contribution in [0.5, 0.6) is 0 Å². The van der Waals surface area contributed by atoms with E-state index >= 15 is 0 Å². The molecule has 2 amide bonds. The van der Waals surface area contributed by atoms with E-state index in [0.29, 0.717) is 19.6 Å². The fraction of sp³-hybridized carbons (Fsp3) is 0.444. The van der Waals surface area contributed by atoms with Gasteiger partial charge in [0.1, 0.15) is 0 Å². The number of benzene rings is 1. The first-order valence-corrected chi connectivity index (χ1v) is 8.05. The fourth-order valence-electron chi connectivity index (χ4n) is 3.18. The second-order valence-corrected chi connectivity index (χ2v) is 6.06. The van der Waals surface area contributed by atoms with Crippen molar-refractivity contribution in [3.63, 3.8) is 0 Å². The van der Waals surface area contributed by atoms with Crippen molar-refractivity contribution in [1.82, 2.24) is 9.80 Å². The first-order chi connectivity index (χ1) is 10.7. The van der Waals surface area contributed by atoms with Crippen LogP contribution < -0.4 is 0 Å². The van der Waals surface area contributed by atoms with Crippen LogP contribution in [0.15, 0.2) is 41.5 Å². The van der Waals surface area contributed by atoms with Crippen LogP contribution in [0.2, 0.25) is 0 Å². The molecule has 1 aromatic carbocycles. The molecule has 0 N–H and O–H groups in total. The molecule has 0 aliphatic carbocycles. The highest BCUT2D eigenvalue weighted by molar-refractivity contribution is 6.20. The lowest BCUT2D eigenvalue weighted by Gasteiger charge is -2.21. The molecule has 2 aliphatic rings. The Labute approximate surface area is 131 Å². The molecule has 0 atom stereocenters. The van der Waals surface area contributed by atoms with E-state index in [-0.39, 0.29) is 11.8 Å². The van der Waals surface area contributed by atoms with Gasteiger partial charge in [-0.3, -0.25) is 19.4 Å². The van der Waals surface area contributed by atoms with E-state index in [0.717, 1.165) is 37.0 Å². The van der Waals surface area contributed by atoms with Gasteiger partial charge in [-0.1, -0.05) is 50.1 Å². The van der Waals surface area contributed by atoms with E-state index in [1.165, 1.54) is 10.5 Å². The molecule has 0 saturated carbocycles. The summed E-state index contributed by atoms with van der Waals surface area (Å²) in [5.41, 5.74) is 2.65. The SMILES string of the molecule is CCCCCN1C(=O)C2=C(CN(Cc3ccccc3)C2)C1=O. The van der Waals surface area contributed by atoms with Crippen LogP contribution in [0.1, 0.15) is 31.7 Å². The molecule has 0 unspecified atom stereocenters. The summed E-state index contributed by atoms with van der Waals surface area (Å²) in [7, 11) is 0. The predicted octanol–water partition coefficient (Wildman–Crippen LogP) is 2.36. The normalized spacial score (nSPS) is 18.5. The van der Waals surface area contributed by atoms with Crippen LogP contribution in [0.4, 0.5) is 0 Å². The summed E-state index contributed by atoms with van der Waals surface area (Å²) >= 11 is 0. The molecule has 4 nitrogen and oxygen atoms in total.